The van der Waals surface area contributed by atoms with E-state index in [1.54, 1.807) is 0 Å². The lowest BCUT2D eigenvalue weighted by molar-refractivity contribution is -0.143. The third kappa shape index (κ3) is 15.7. The number of aliphatic hydroxyl groups is 1. The highest BCUT2D eigenvalue weighted by Gasteiger charge is 2.34. The van der Waals surface area contributed by atoms with Crippen molar-refractivity contribution in [2.24, 2.45) is 0 Å². The van der Waals surface area contributed by atoms with E-state index in [-0.39, 0.29) is 34.6 Å². The normalized spacial score (nSPS) is 17.2. The fourth-order valence-electron chi connectivity index (χ4n) is 7.28. The Labute approximate surface area is 369 Å². The van der Waals surface area contributed by atoms with Crippen molar-refractivity contribution in [1.29, 1.82) is 0 Å². The van der Waals surface area contributed by atoms with Crippen molar-refractivity contribution in [2.75, 3.05) is 33.8 Å². The van der Waals surface area contributed by atoms with Crippen LogP contribution < -0.4 is 26.6 Å². The number of hydrogen-bond donors (Lipinski definition) is 9. The zero-order valence-electron chi connectivity index (χ0n) is 37.2. The molecule has 0 saturated heterocycles. The predicted octanol–water partition coefficient (Wildman–Crippen LogP) is 3.22. The SMILES string of the molecule is CCCCCCCCCCCCCCNC(=O)N(C)C(CO)C(=O)NC(C)C(=O)NCC(=O)N(C)C1C(=O)NC(C)C(=O)NC(C(=O)O)Cc2ccc(O)c(c2)-c2cc1ccc2O. The number of aliphatic carboxylic acids is 1. The van der Waals surface area contributed by atoms with Crippen LogP contribution in [-0.2, 0) is 35.2 Å². The second-order valence-electron chi connectivity index (χ2n) is 16.2. The molecule has 2 aromatic rings. The van der Waals surface area contributed by atoms with E-state index in [1.807, 2.05) is 0 Å². The molecule has 7 amide bonds. The van der Waals surface area contributed by atoms with E-state index < -0.39 is 84.9 Å². The Morgan fingerprint density at radius 2 is 1.35 bits per heavy atom. The van der Waals surface area contributed by atoms with E-state index >= 15 is 0 Å². The molecule has 63 heavy (non-hydrogen) atoms. The Morgan fingerprint density at radius 1 is 0.778 bits per heavy atom. The molecular weight excluding hydrogens is 815 g/mol. The van der Waals surface area contributed by atoms with Crippen molar-refractivity contribution in [3.8, 4) is 22.6 Å². The summed E-state index contributed by atoms with van der Waals surface area (Å²) >= 11 is 0. The fourth-order valence-corrected chi connectivity index (χ4v) is 7.28. The molecule has 18 heteroatoms. The van der Waals surface area contributed by atoms with Crippen LogP contribution in [0.25, 0.3) is 11.1 Å². The molecule has 0 fully saturated rings. The Bertz CT molecular complexity index is 1890. The van der Waals surface area contributed by atoms with Gasteiger partial charge in [-0.25, -0.2) is 9.59 Å². The molecule has 0 saturated carbocycles. The Balaban J connectivity index is 1.60. The summed E-state index contributed by atoms with van der Waals surface area (Å²) in [7, 11) is 2.63. The van der Waals surface area contributed by atoms with E-state index in [2.05, 4.69) is 33.5 Å². The number of carboxylic acids is 1. The van der Waals surface area contributed by atoms with Crippen molar-refractivity contribution in [1.82, 2.24) is 36.4 Å². The molecule has 18 nitrogen and oxygen atoms in total. The number of phenolic OH excluding ortho intramolecular Hbond substituents is 2. The van der Waals surface area contributed by atoms with Crippen LogP contribution in [0.5, 0.6) is 11.5 Å². The van der Waals surface area contributed by atoms with Gasteiger partial charge in [0.05, 0.1) is 13.2 Å². The standard InChI is InChI=1S/C45H67N7O11/c1-6-7-8-9-10-11-12-13-14-15-16-17-22-46-45(63)51(4)35(27-53)42(59)48-28(2)40(57)47-26-38(56)52(5)39-31-19-21-37(55)33(25-31)32-23-30(18-20-36(32)54)24-34(44(61)62)50-41(58)29(3)49-43(39)60/h18-21,23,25,28-29,34-35,39,53-55H,6-17,22,24,26-27H2,1-5H3,(H,46,63)(H,47,57)(H,48,59)(H,49,60)(H,50,58)(H,61,62). The number of fused-ring (bicyclic) bond motifs is 5. The lowest BCUT2D eigenvalue weighted by Gasteiger charge is -2.30. The number of rotatable bonds is 22. The van der Waals surface area contributed by atoms with Crippen LogP contribution in [0.4, 0.5) is 4.79 Å². The second-order valence-corrected chi connectivity index (χ2v) is 16.2. The molecule has 5 atom stereocenters. The number of unbranched alkanes of at least 4 members (excludes halogenated alkanes) is 11. The number of carbonyl (C=O) groups excluding carboxylic acids is 6. The molecule has 5 unspecified atom stereocenters. The van der Waals surface area contributed by atoms with Crippen LogP contribution in [0, 0.1) is 0 Å². The highest BCUT2D eigenvalue weighted by molar-refractivity contribution is 5.96. The van der Waals surface area contributed by atoms with Crippen molar-refractivity contribution in [3.05, 3.63) is 47.5 Å². The number of carboxylic acid groups (broad SMARTS) is 1. The summed E-state index contributed by atoms with van der Waals surface area (Å²) in [6, 6.07) is 0.953. The maximum absolute atomic E-state index is 13.9. The van der Waals surface area contributed by atoms with Gasteiger partial charge >= 0.3 is 12.0 Å². The Kier molecular flexibility index (Phi) is 21.1. The lowest BCUT2D eigenvalue weighted by atomic mass is 9.94. The van der Waals surface area contributed by atoms with Crippen molar-refractivity contribution in [3.63, 3.8) is 0 Å². The minimum Gasteiger partial charge on any atom is -0.507 e. The van der Waals surface area contributed by atoms with Gasteiger partial charge in [0.25, 0.3) is 0 Å². The zero-order chi connectivity index (χ0) is 46.6. The molecular formula is C45H67N7O11. The largest absolute Gasteiger partial charge is 0.507 e. The van der Waals surface area contributed by atoms with Gasteiger partial charge in [-0.2, -0.15) is 0 Å². The van der Waals surface area contributed by atoms with E-state index in [1.165, 1.54) is 116 Å². The number of aliphatic hydroxyl groups excluding tert-OH is 1. The van der Waals surface area contributed by atoms with Crippen molar-refractivity contribution < 1.29 is 54.0 Å². The number of carbonyl (C=O) groups is 7. The topological polar surface area (TPSA) is 267 Å². The number of benzene rings is 2. The van der Waals surface area contributed by atoms with Crippen molar-refractivity contribution in [2.45, 2.75) is 134 Å². The molecule has 0 radical (unpaired) electrons. The maximum Gasteiger partial charge on any atom is 0.326 e. The first-order valence-corrected chi connectivity index (χ1v) is 21.9. The van der Waals surface area contributed by atoms with Gasteiger partial charge < -0.3 is 56.8 Å². The van der Waals surface area contributed by atoms with Gasteiger partial charge in [0.15, 0.2) is 0 Å². The third-order valence-corrected chi connectivity index (χ3v) is 11.3. The van der Waals surface area contributed by atoms with Crippen LogP contribution >= 0.6 is 0 Å². The third-order valence-electron chi connectivity index (χ3n) is 11.3. The molecule has 0 aliphatic carbocycles. The first kappa shape index (κ1) is 51.4. The summed E-state index contributed by atoms with van der Waals surface area (Å²) in [6.45, 7) is 3.91. The Hall–Kier alpha value is -5.91. The summed E-state index contributed by atoms with van der Waals surface area (Å²) < 4.78 is 0. The predicted molar refractivity (Wildman–Crippen MR) is 235 cm³/mol. The van der Waals surface area contributed by atoms with Crippen LogP contribution in [0.3, 0.4) is 0 Å². The fraction of sp³-hybridized carbons (Fsp3) is 0.578. The van der Waals surface area contributed by atoms with Gasteiger partial charge in [-0.3, -0.25) is 24.0 Å². The molecule has 0 spiro atoms. The monoisotopic (exact) mass is 881 g/mol. The number of urea groups is 1. The smallest absolute Gasteiger partial charge is 0.326 e. The molecule has 1 aliphatic rings. The quantitative estimate of drug-likeness (QED) is 0.0776. The summed E-state index contributed by atoms with van der Waals surface area (Å²) in [5, 5.41) is 54.0. The van der Waals surface area contributed by atoms with E-state index in [9.17, 15) is 54.0 Å². The van der Waals surface area contributed by atoms with E-state index in [0.29, 0.717) is 12.1 Å². The maximum atomic E-state index is 13.9. The molecule has 9 N–H and O–H groups in total. The van der Waals surface area contributed by atoms with Gasteiger partial charge in [-0.15, -0.1) is 0 Å². The van der Waals surface area contributed by atoms with Crippen LogP contribution in [0.1, 0.15) is 115 Å². The number of hydrogen-bond acceptors (Lipinski definition) is 10. The molecule has 2 aromatic carbocycles. The average Bonchev–Trinajstić information content (AvgIpc) is 3.24. The first-order valence-electron chi connectivity index (χ1n) is 21.9. The summed E-state index contributed by atoms with van der Waals surface area (Å²) in [6.07, 6.45) is 13.9. The number of amides is 7. The number of phenols is 2. The Morgan fingerprint density at radius 3 is 1.94 bits per heavy atom. The lowest BCUT2D eigenvalue weighted by Crippen LogP contribution is -2.56. The number of aromatic hydroxyl groups is 2. The molecule has 348 valence electrons. The van der Waals surface area contributed by atoms with Crippen LogP contribution in [0.15, 0.2) is 36.4 Å². The highest BCUT2D eigenvalue weighted by Crippen LogP contribution is 2.38. The molecule has 1 heterocycles. The van der Waals surface area contributed by atoms with Gasteiger partial charge in [0.2, 0.25) is 29.5 Å². The van der Waals surface area contributed by atoms with E-state index in [0.717, 1.165) is 35.5 Å². The second kappa shape index (κ2) is 25.9. The van der Waals surface area contributed by atoms with Gasteiger partial charge in [-0.1, -0.05) is 89.7 Å². The summed E-state index contributed by atoms with van der Waals surface area (Å²) in [5.41, 5.74) is 0.712. The van der Waals surface area contributed by atoms with E-state index in [4.69, 9.17) is 0 Å². The summed E-state index contributed by atoms with van der Waals surface area (Å²) in [4.78, 5) is 93.7. The van der Waals surface area contributed by atoms with Crippen LogP contribution in [0.2, 0.25) is 0 Å². The first-order chi connectivity index (χ1) is 30.0. The minimum atomic E-state index is -1.48. The molecule has 0 aromatic heterocycles. The summed E-state index contributed by atoms with van der Waals surface area (Å²) in [5.74, 6) is -6.00. The molecule has 4 bridgehead atoms. The van der Waals surface area contributed by atoms with Gasteiger partial charge in [0, 0.05) is 38.2 Å². The number of nitrogens with zero attached hydrogens (tertiary/aromatic N) is 2. The number of nitrogens with one attached hydrogen (secondary N) is 5. The minimum absolute atomic E-state index is 0.0632. The zero-order valence-corrected chi connectivity index (χ0v) is 37.2. The van der Waals surface area contributed by atoms with Crippen molar-refractivity contribution >= 4 is 41.5 Å². The van der Waals surface area contributed by atoms with Gasteiger partial charge in [0.1, 0.15) is 41.7 Å². The number of likely N-dealkylation sites (N-methyl/N-ethyl adjacent to an activating group) is 2. The van der Waals surface area contributed by atoms with Gasteiger partial charge in [-0.05, 0) is 55.7 Å². The highest BCUT2D eigenvalue weighted by atomic mass is 16.4. The average molecular weight is 882 g/mol. The molecule has 3 rings (SSSR count). The molecule has 1 aliphatic heterocycles. The van der Waals surface area contributed by atoms with Crippen LogP contribution in [-0.4, -0.2) is 130 Å².